The first-order chi connectivity index (χ1) is 9.45. The Morgan fingerprint density at radius 2 is 2.20 bits per heavy atom. The number of hydrogen-bond acceptors (Lipinski definition) is 4. The number of aryl methyl sites for hydroxylation is 1. The molecule has 106 valence electrons. The molecule has 0 radical (unpaired) electrons. The maximum atomic E-state index is 12.3. The zero-order valence-electron chi connectivity index (χ0n) is 11.5. The van der Waals surface area contributed by atoms with Crippen LogP contribution in [0.1, 0.15) is 16.2 Å². The van der Waals surface area contributed by atoms with Crippen LogP contribution in [-0.2, 0) is 4.79 Å². The quantitative estimate of drug-likeness (QED) is 0.894. The number of nitrogens with zero attached hydrogens (tertiary/aromatic N) is 3. The standard InChI is InChI=1S/C13H15N3O4/c1-8-11(13(19)15(2)7-10(17)18)16-6-4-5-9(20-3)12(16)14-8/h4-6H,7H2,1-3H3,(H,17,18). The monoisotopic (exact) mass is 277 g/mol. The van der Waals surface area contributed by atoms with E-state index in [0.29, 0.717) is 22.8 Å². The van der Waals surface area contributed by atoms with E-state index in [1.54, 1.807) is 29.7 Å². The average molecular weight is 277 g/mol. The fraction of sp³-hybridized carbons (Fsp3) is 0.308. The van der Waals surface area contributed by atoms with E-state index in [-0.39, 0.29) is 6.54 Å². The van der Waals surface area contributed by atoms with Crippen LogP contribution in [0.3, 0.4) is 0 Å². The highest BCUT2D eigenvalue weighted by molar-refractivity contribution is 5.96. The van der Waals surface area contributed by atoms with Gasteiger partial charge in [0.15, 0.2) is 11.4 Å². The minimum Gasteiger partial charge on any atom is -0.493 e. The minimum absolute atomic E-state index is 0.336. The van der Waals surface area contributed by atoms with Gasteiger partial charge in [0.25, 0.3) is 5.91 Å². The summed E-state index contributed by atoms with van der Waals surface area (Å²) in [6.45, 7) is 1.34. The predicted octanol–water partition coefficient (Wildman–Crippen LogP) is 0.808. The SMILES string of the molecule is COc1cccn2c(C(=O)N(C)CC(=O)O)c(C)nc12. The summed E-state index contributed by atoms with van der Waals surface area (Å²) in [7, 11) is 2.97. The van der Waals surface area contributed by atoms with Crippen LogP contribution in [0.25, 0.3) is 5.65 Å². The van der Waals surface area contributed by atoms with Gasteiger partial charge < -0.3 is 14.7 Å². The zero-order valence-corrected chi connectivity index (χ0v) is 11.5. The maximum Gasteiger partial charge on any atom is 0.323 e. The third-order valence-electron chi connectivity index (χ3n) is 2.93. The van der Waals surface area contributed by atoms with Gasteiger partial charge >= 0.3 is 5.97 Å². The molecule has 1 N–H and O–H groups in total. The number of ether oxygens (including phenoxy) is 1. The number of carbonyl (C=O) groups is 2. The third-order valence-corrected chi connectivity index (χ3v) is 2.93. The fourth-order valence-corrected chi connectivity index (χ4v) is 2.03. The number of carboxylic acids is 1. The second-order valence-corrected chi connectivity index (χ2v) is 4.37. The van der Waals surface area contributed by atoms with Crippen molar-refractivity contribution >= 4 is 17.5 Å². The molecule has 0 saturated heterocycles. The van der Waals surface area contributed by atoms with Gasteiger partial charge in [0.1, 0.15) is 12.2 Å². The molecule has 0 aliphatic carbocycles. The van der Waals surface area contributed by atoms with Crippen LogP contribution in [0, 0.1) is 6.92 Å². The topological polar surface area (TPSA) is 84.1 Å². The molecule has 7 heteroatoms. The Balaban J connectivity index is 2.52. The maximum absolute atomic E-state index is 12.3. The molecular weight excluding hydrogens is 262 g/mol. The van der Waals surface area contributed by atoms with Crippen molar-refractivity contribution in [3.8, 4) is 5.75 Å². The van der Waals surface area contributed by atoms with Gasteiger partial charge in [0.05, 0.1) is 12.8 Å². The summed E-state index contributed by atoms with van der Waals surface area (Å²) in [6.07, 6.45) is 1.69. The highest BCUT2D eigenvalue weighted by Gasteiger charge is 2.22. The molecule has 0 aromatic carbocycles. The van der Waals surface area contributed by atoms with Crippen molar-refractivity contribution in [1.82, 2.24) is 14.3 Å². The average Bonchev–Trinajstić information content (AvgIpc) is 2.72. The number of carbonyl (C=O) groups excluding carboxylic acids is 1. The lowest BCUT2D eigenvalue weighted by atomic mass is 10.3. The van der Waals surface area contributed by atoms with Gasteiger partial charge in [-0.25, -0.2) is 4.98 Å². The summed E-state index contributed by atoms with van der Waals surface area (Å²) in [5, 5.41) is 8.76. The van der Waals surface area contributed by atoms with Crippen molar-refractivity contribution in [2.45, 2.75) is 6.92 Å². The van der Waals surface area contributed by atoms with Gasteiger partial charge in [-0.1, -0.05) is 0 Å². The summed E-state index contributed by atoms with van der Waals surface area (Å²) >= 11 is 0. The highest BCUT2D eigenvalue weighted by atomic mass is 16.5. The molecular formula is C13H15N3O4. The molecule has 7 nitrogen and oxygen atoms in total. The minimum atomic E-state index is -1.06. The lowest BCUT2D eigenvalue weighted by Crippen LogP contribution is -2.33. The van der Waals surface area contributed by atoms with Gasteiger partial charge in [-0.05, 0) is 19.1 Å². The molecule has 1 amide bonds. The molecule has 0 saturated carbocycles. The van der Waals surface area contributed by atoms with Crippen LogP contribution in [-0.4, -0.2) is 52.0 Å². The van der Waals surface area contributed by atoms with Crippen molar-refractivity contribution in [3.63, 3.8) is 0 Å². The fourth-order valence-electron chi connectivity index (χ4n) is 2.03. The number of imidazole rings is 1. The predicted molar refractivity (Wildman–Crippen MR) is 71.1 cm³/mol. The van der Waals surface area contributed by atoms with Gasteiger partial charge in [0, 0.05) is 13.2 Å². The molecule has 0 atom stereocenters. The van der Waals surface area contributed by atoms with Gasteiger partial charge in [-0.3, -0.25) is 14.0 Å². The molecule has 0 fully saturated rings. The van der Waals surface area contributed by atoms with Crippen molar-refractivity contribution in [2.75, 3.05) is 20.7 Å². The second kappa shape index (κ2) is 5.20. The second-order valence-electron chi connectivity index (χ2n) is 4.37. The molecule has 2 aromatic heterocycles. The lowest BCUT2D eigenvalue weighted by molar-refractivity contribution is -0.137. The summed E-state index contributed by atoms with van der Waals surface area (Å²) in [5.74, 6) is -0.911. The van der Waals surface area contributed by atoms with E-state index >= 15 is 0 Å². The first kappa shape index (κ1) is 13.9. The third kappa shape index (κ3) is 2.29. The molecule has 2 aromatic rings. The molecule has 0 bridgehead atoms. The van der Waals surface area contributed by atoms with Gasteiger partial charge in [-0.2, -0.15) is 0 Å². The molecule has 20 heavy (non-hydrogen) atoms. The molecule has 0 unspecified atom stereocenters. The normalized spacial score (nSPS) is 10.6. The van der Waals surface area contributed by atoms with Crippen LogP contribution >= 0.6 is 0 Å². The number of methoxy groups -OCH3 is 1. The Morgan fingerprint density at radius 1 is 1.50 bits per heavy atom. The molecule has 2 rings (SSSR count). The molecule has 2 heterocycles. The number of hydrogen-bond donors (Lipinski definition) is 1. The largest absolute Gasteiger partial charge is 0.493 e. The van der Waals surface area contributed by atoms with Crippen LogP contribution < -0.4 is 4.74 Å². The number of fused-ring (bicyclic) bond motifs is 1. The summed E-state index contributed by atoms with van der Waals surface area (Å²) < 4.78 is 6.80. The van der Waals surface area contributed by atoms with Crippen LogP contribution in [0.5, 0.6) is 5.75 Å². The van der Waals surface area contributed by atoms with E-state index < -0.39 is 11.9 Å². The molecule has 0 aliphatic heterocycles. The van der Waals surface area contributed by atoms with Crippen molar-refractivity contribution < 1.29 is 19.4 Å². The number of aliphatic carboxylic acids is 1. The first-order valence-corrected chi connectivity index (χ1v) is 5.94. The highest BCUT2D eigenvalue weighted by Crippen LogP contribution is 2.22. The number of carboxylic acid groups (broad SMARTS) is 1. The van der Waals surface area contributed by atoms with Crippen molar-refractivity contribution in [1.29, 1.82) is 0 Å². The van der Waals surface area contributed by atoms with Gasteiger partial charge in [0.2, 0.25) is 0 Å². The Kier molecular flexibility index (Phi) is 3.60. The van der Waals surface area contributed by atoms with E-state index in [9.17, 15) is 9.59 Å². The van der Waals surface area contributed by atoms with Crippen LogP contribution in [0.4, 0.5) is 0 Å². The lowest BCUT2D eigenvalue weighted by Gasteiger charge is -2.14. The summed E-state index contributed by atoms with van der Waals surface area (Å²) in [5.41, 5.74) is 1.39. The zero-order chi connectivity index (χ0) is 14.9. The number of amides is 1. The Hall–Kier alpha value is -2.57. The summed E-state index contributed by atoms with van der Waals surface area (Å²) in [4.78, 5) is 28.5. The smallest absolute Gasteiger partial charge is 0.323 e. The molecule has 0 aliphatic rings. The number of rotatable bonds is 4. The van der Waals surface area contributed by atoms with E-state index in [4.69, 9.17) is 9.84 Å². The summed E-state index contributed by atoms with van der Waals surface area (Å²) in [6, 6.07) is 3.48. The number of pyridine rings is 1. The Bertz CT molecular complexity index is 678. The van der Waals surface area contributed by atoms with Crippen LogP contribution in [0.2, 0.25) is 0 Å². The van der Waals surface area contributed by atoms with Crippen molar-refractivity contribution in [2.24, 2.45) is 0 Å². The first-order valence-electron chi connectivity index (χ1n) is 5.94. The number of likely N-dealkylation sites (N-methyl/N-ethyl adjacent to an activating group) is 1. The van der Waals surface area contributed by atoms with E-state index in [1.807, 2.05) is 0 Å². The van der Waals surface area contributed by atoms with E-state index in [0.717, 1.165) is 4.90 Å². The number of aromatic nitrogens is 2. The van der Waals surface area contributed by atoms with Crippen molar-refractivity contribution in [3.05, 3.63) is 29.7 Å². The van der Waals surface area contributed by atoms with Gasteiger partial charge in [-0.15, -0.1) is 0 Å². The Morgan fingerprint density at radius 3 is 2.80 bits per heavy atom. The molecule has 0 spiro atoms. The Labute approximate surface area is 115 Å². The van der Waals surface area contributed by atoms with E-state index in [2.05, 4.69) is 4.98 Å². The van der Waals surface area contributed by atoms with Crippen LogP contribution in [0.15, 0.2) is 18.3 Å². The van der Waals surface area contributed by atoms with E-state index in [1.165, 1.54) is 14.2 Å².